The minimum atomic E-state index is -0.612. The molecule has 1 aliphatic heterocycles. The number of amides is 4. The maximum absolute atomic E-state index is 12.9. The van der Waals surface area contributed by atoms with Gasteiger partial charge in [-0.1, -0.05) is 35.9 Å². The van der Waals surface area contributed by atoms with Crippen LogP contribution in [-0.2, 0) is 9.59 Å². The van der Waals surface area contributed by atoms with Crippen LogP contribution in [0.3, 0.4) is 0 Å². The molecule has 0 bridgehead atoms. The molecule has 0 atom stereocenters. The van der Waals surface area contributed by atoms with Gasteiger partial charge in [0.25, 0.3) is 5.91 Å². The van der Waals surface area contributed by atoms with Gasteiger partial charge in [0.15, 0.2) is 0 Å². The number of urea groups is 1. The molecule has 2 heterocycles. The van der Waals surface area contributed by atoms with E-state index in [1.807, 2.05) is 45.0 Å². The molecule has 7 heteroatoms. The summed E-state index contributed by atoms with van der Waals surface area (Å²) >= 11 is 0. The Hall–Kier alpha value is -4.13. The van der Waals surface area contributed by atoms with Gasteiger partial charge in [-0.2, -0.15) is 0 Å². The highest BCUT2D eigenvalue weighted by Gasteiger charge is 2.35. The Kier molecular flexibility index (Phi) is 6.11. The number of hydrogen-bond donors (Lipinski definition) is 2. The fourth-order valence-corrected chi connectivity index (χ4v) is 4.29. The van der Waals surface area contributed by atoms with E-state index in [9.17, 15) is 14.4 Å². The smallest absolute Gasteiger partial charge is 0.325 e. The maximum Gasteiger partial charge on any atom is 0.329 e. The summed E-state index contributed by atoms with van der Waals surface area (Å²) in [5.74, 6) is -0.970. The first-order valence-corrected chi connectivity index (χ1v) is 11.1. The van der Waals surface area contributed by atoms with Crippen LogP contribution in [0.25, 0.3) is 11.8 Å². The Balaban J connectivity index is 1.56. The molecule has 2 aromatic carbocycles. The van der Waals surface area contributed by atoms with Crippen LogP contribution in [-0.4, -0.2) is 33.9 Å². The van der Waals surface area contributed by atoms with Crippen LogP contribution in [0.1, 0.15) is 33.6 Å². The predicted molar refractivity (Wildman–Crippen MR) is 133 cm³/mol. The zero-order valence-corrected chi connectivity index (χ0v) is 20.0. The number of anilines is 1. The first kappa shape index (κ1) is 23.0. The lowest BCUT2D eigenvalue weighted by Gasteiger charge is -2.15. The van der Waals surface area contributed by atoms with E-state index in [-0.39, 0.29) is 12.2 Å². The predicted octanol–water partition coefficient (Wildman–Crippen LogP) is 4.55. The second-order valence-electron chi connectivity index (χ2n) is 8.70. The number of carbonyl (C=O) groups is 3. The van der Waals surface area contributed by atoms with Crippen molar-refractivity contribution < 1.29 is 14.4 Å². The van der Waals surface area contributed by atoms with Crippen LogP contribution in [0, 0.1) is 34.6 Å². The van der Waals surface area contributed by atoms with Gasteiger partial charge in [-0.3, -0.25) is 9.59 Å². The highest BCUT2D eigenvalue weighted by Crippen LogP contribution is 2.27. The van der Waals surface area contributed by atoms with Crippen LogP contribution >= 0.6 is 0 Å². The molecular weight excluding hydrogens is 428 g/mol. The first-order valence-electron chi connectivity index (χ1n) is 11.1. The Morgan fingerprint density at radius 2 is 1.62 bits per heavy atom. The largest absolute Gasteiger partial charge is 0.329 e. The summed E-state index contributed by atoms with van der Waals surface area (Å²) in [7, 11) is 0. The molecule has 0 radical (unpaired) electrons. The number of aryl methyl sites for hydroxylation is 4. The van der Waals surface area contributed by atoms with E-state index in [2.05, 4.69) is 41.2 Å². The fourth-order valence-electron chi connectivity index (χ4n) is 4.29. The number of benzene rings is 2. The SMILES string of the molecule is Cc1ccc(NC(=O)CN2C(=O)NC(=Cc3cc(C)n(-c4c(C)cccc4C)c3C)C2=O)cc1. The average molecular weight is 457 g/mol. The van der Waals surface area contributed by atoms with Gasteiger partial charge < -0.3 is 15.2 Å². The van der Waals surface area contributed by atoms with Crippen molar-refractivity contribution in [3.8, 4) is 5.69 Å². The summed E-state index contributed by atoms with van der Waals surface area (Å²) in [6, 6.07) is 14.8. The van der Waals surface area contributed by atoms with Crippen molar-refractivity contribution in [2.75, 3.05) is 11.9 Å². The van der Waals surface area contributed by atoms with Crippen LogP contribution < -0.4 is 10.6 Å². The number of carbonyl (C=O) groups excluding carboxylic acids is 3. The van der Waals surface area contributed by atoms with Gasteiger partial charge in [0, 0.05) is 17.1 Å². The topological polar surface area (TPSA) is 83.4 Å². The highest BCUT2D eigenvalue weighted by atomic mass is 16.2. The third kappa shape index (κ3) is 4.37. The number of nitrogens with one attached hydrogen (secondary N) is 2. The molecule has 7 nitrogen and oxygen atoms in total. The lowest BCUT2D eigenvalue weighted by molar-refractivity contribution is -0.127. The zero-order valence-electron chi connectivity index (χ0n) is 20.0. The van der Waals surface area contributed by atoms with Crippen molar-refractivity contribution in [3.05, 3.63) is 87.9 Å². The molecule has 0 saturated carbocycles. The van der Waals surface area contributed by atoms with E-state index >= 15 is 0 Å². The van der Waals surface area contributed by atoms with Crippen LogP contribution in [0.15, 0.2) is 54.2 Å². The van der Waals surface area contributed by atoms with Gasteiger partial charge in [0.1, 0.15) is 12.2 Å². The molecule has 4 amide bonds. The van der Waals surface area contributed by atoms with E-state index in [1.54, 1.807) is 18.2 Å². The highest BCUT2D eigenvalue weighted by molar-refractivity contribution is 6.16. The van der Waals surface area contributed by atoms with E-state index in [1.165, 1.54) is 0 Å². The zero-order chi connectivity index (χ0) is 24.6. The molecule has 1 aliphatic rings. The average Bonchev–Trinajstić information content (AvgIpc) is 3.20. The number of para-hydroxylation sites is 1. The number of hydrogen-bond acceptors (Lipinski definition) is 3. The van der Waals surface area contributed by atoms with Crippen LogP contribution in [0.4, 0.5) is 10.5 Å². The molecule has 174 valence electrons. The molecule has 1 aromatic heterocycles. The number of aromatic nitrogens is 1. The fraction of sp³-hybridized carbons (Fsp3) is 0.222. The summed E-state index contributed by atoms with van der Waals surface area (Å²) < 4.78 is 2.16. The summed E-state index contributed by atoms with van der Waals surface area (Å²) in [4.78, 5) is 38.7. The second kappa shape index (κ2) is 9.02. The Morgan fingerprint density at radius 3 is 2.26 bits per heavy atom. The van der Waals surface area contributed by atoms with E-state index in [0.29, 0.717) is 5.69 Å². The van der Waals surface area contributed by atoms with Gasteiger partial charge in [-0.25, -0.2) is 9.69 Å². The minimum Gasteiger partial charge on any atom is -0.325 e. The molecule has 0 aliphatic carbocycles. The number of nitrogens with zero attached hydrogens (tertiary/aromatic N) is 2. The number of rotatable bonds is 5. The van der Waals surface area contributed by atoms with E-state index in [0.717, 1.165) is 44.2 Å². The van der Waals surface area contributed by atoms with E-state index < -0.39 is 17.8 Å². The molecule has 1 fully saturated rings. The second-order valence-corrected chi connectivity index (χ2v) is 8.70. The molecule has 2 N–H and O–H groups in total. The molecule has 3 aromatic rings. The molecule has 0 unspecified atom stereocenters. The van der Waals surface area contributed by atoms with Crippen molar-refractivity contribution in [2.24, 2.45) is 0 Å². The standard InChI is InChI=1S/C27H28N4O3/c1-16-9-11-22(12-10-16)28-24(32)15-30-26(33)23(29-27(30)34)14-21-13-19(4)31(20(21)5)25-17(2)7-6-8-18(25)3/h6-14H,15H2,1-5H3,(H,28,32)(H,29,34). The molecular formula is C27H28N4O3. The van der Waals surface area contributed by atoms with Gasteiger partial charge in [-0.05, 0) is 75.6 Å². The summed E-state index contributed by atoms with van der Waals surface area (Å²) in [6.45, 7) is 9.72. The molecule has 34 heavy (non-hydrogen) atoms. The summed E-state index contributed by atoms with van der Waals surface area (Å²) in [6.07, 6.45) is 1.67. The minimum absolute atomic E-state index is 0.148. The Labute approximate surface area is 199 Å². The van der Waals surface area contributed by atoms with Crippen molar-refractivity contribution in [3.63, 3.8) is 0 Å². The Bertz CT molecular complexity index is 1310. The molecule has 4 rings (SSSR count). The lowest BCUT2D eigenvalue weighted by Crippen LogP contribution is -2.38. The monoisotopic (exact) mass is 456 g/mol. The first-order chi connectivity index (χ1) is 16.2. The van der Waals surface area contributed by atoms with Gasteiger partial charge in [-0.15, -0.1) is 0 Å². The van der Waals surface area contributed by atoms with Gasteiger partial charge in [0.2, 0.25) is 5.91 Å². The summed E-state index contributed by atoms with van der Waals surface area (Å²) in [5, 5.41) is 5.32. The third-order valence-corrected chi connectivity index (χ3v) is 6.03. The lowest BCUT2D eigenvalue weighted by atomic mass is 10.1. The van der Waals surface area contributed by atoms with Crippen molar-refractivity contribution >= 4 is 29.6 Å². The summed E-state index contributed by atoms with van der Waals surface area (Å²) in [5.41, 5.74) is 8.04. The van der Waals surface area contributed by atoms with Gasteiger partial charge in [0.05, 0.1) is 5.69 Å². The van der Waals surface area contributed by atoms with Crippen molar-refractivity contribution in [1.82, 2.24) is 14.8 Å². The number of imide groups is 1. The molecule has 1 saturated heterocycles. The Morgan fingerprint density at radius 1 is 0.971 bits per heavy atom. The van der Waals surface area contributed by atoms with Crippen LogP contribution in [0.5, 0.6) is 0 Å². The van der Waals surface area contributed by atoms with Gasteiger partial charge >= 0.3 is 6.03 Å². The molecule has 0 spiro atoms. The normalized spacial score (nSPS) is 14.6. The van der Waals surface area contributed by atoms with Crippen molar-refractivity contribution in [1.29, 1.82) is 0 Å². The third-order valence-electron chi connectivity index (χ3n) is 6.03. The van der Waals surface area contributed by atoms with E-state index in [4.69, 9.17) is 0 Å². The van der Waals surface area contributed by atoms with Crippen LogP contribution in [0.2, 0.25) is 0 Å². The quantitative estimate of drug-likeness (QED) is 0.436. The van der Waals surface area contributed by atoms with Crippen molar-refractivity contribution in [2.45, 2.75) is 34.6 Å². The maximum atomic E-state index is 12.9.